The molecule has 0 aliphatic carbocycles. The van der Waals surface area contributed by atoms with E-state index in [2.05, 4.69) is 32.7 Å². The van der Waals surface area contributed by atoms with Gasteiger partial charge in [0.15, 0.2) is 5.96 Å². The summed E-state index contributed by atoms with van der Waals surface area (Å²) in [4.78, 5) is 7.61. The SMILES string of the molecule is CN=C(NCCCF)N(C)CCc1cccs1. The van der Waals surface area contributed by atoms with Crippen LogP contribution in [0.3, 0.4) is 0 Å². The number of guanidine groups is 1. The van der Waals surface area contributed by atoms with Gasteiger partial charge in [-0.1, -0.05) is 6.07 Å². The lowest BCUT2D eigenvalue weighted by Crippen LogP contribution is -2.40. The van der Waals surface area contributed by atoms with Crippen molar-refractivity contribution < 1.29 is 4.39 Å². The minimum absolute atomic E-state index is 0.289. The molecule has 17 heavy (non-hydrogen) atoms. The van der Waals surface area contributed by atoms with Crippen molar-refractivity contribution in [2.45, 2.75) is 12.8 Å². The number of hydrogen-bond donors (Lipinski definition) is 1. The molecule has 1 aromatic heterocycles. The van der Waals surface area contributed by atoms with Crippen molar-refractivity contribution in [2.75, 3.05) is 33.9 Å². The third-order valence-electron chi connectivity index (χ3n) is 2.44. The van der Waals surface area contributed by atoms with Crippen LogP contribution in [0.4, 0.5) is 4.39 Å². The van der Waals surface area contributed by atoms with E-state index >= 15 is 0 Å². The van der Waals surface area contributed by atoms with Gasteiger partial charge in [-0.15, -0.1) is 11.3 Å². The van der Waals surface area contributed by atoms with Crippen molar-refractivity contribution in [2.24, 2.45) is 4.99 Å². The normalized spacial score (nSPS) is 11.6. The number of aliphatic imine (C=N–C) groups is 1. The summed E-state index contributed by atoms with van der Waals surface area (Å²) in [6, 6.07) is 4.20. The van der Waals surface area contributed by atoms with Gasteiger partial charge < -0.3 is 10.2 Å². The number of nitrogens with one attached hydrogen (secondary N) is 1. The van der Waals surface area contributed by atoms with Gasteiger partial charge >= 0.3 is 0 Å². The monoisotopic (exact) mass is 257 g/mol. The number of hydrogen-bond acceptors (Lipinski definition) is 2. The highest BCUT2D eigenvalue weighted by atomic mass is 32.1. The Kier molecular flexibility index (Phi) is 6.62. The first kappa shape index (κ1) is 14.0. The minimum Gasteiger partial charge on any atom is -0.356 e. The quantitative estimate of drug-likeness (QED) is 0.480. The molecule has 5 heteroatoms. The standard InChI is InChI=1S/C12H20FN3S/c1-14-12(15-8-4-7-13)16(2)9-6-11-5-3-10-17-11/h3,5,10H,4,6-9H2,1-2H3,(H,14,15). The Bertz CT molecular complexity index is 325. The Hall–Kier alpha value is -1.10. The van der Waals surface area contributed by atoms with E-state index in [1.165, 1.54) is 4.88 Å². The molecule has 0 aliphatic heterocycles. The van der Waals surface area contributed by atoms with E-state index in [-0.39, 0.29) is 6.67 Å². The smallest absolute Gasteiger partial charge is 0.193 e. The van der Waals surface area contributed by atoms with E-state index in [1.807, 2.05) is 7.05 Å². The van der Waals surface area contributed by atoms with Crippen molar-refractivity contribution in [3.8, 4) is 0 Å². The highest BCUT2D eigenvalue weighted by molar-refractivity contribution is 7.09. The van der Waals surface area contributed by atoms with Crippen LogP contribution < -0.4 is 5.32 Å². The highest BCUT2D eigenvalue weighted by Crippen LogP contribution is 2.09. The van der Waals surface area contributed by atoms with E-state index in [1.54, 1.807) is 18.4 Å². The second-order valence-electron chi connectivity index (χ2n) is 3.77. The fourth-order valence-electron chi connectivity index (χ4n) is 1.49. The Morgan fingerprint density at radius 3 is 3.00 bits per heavy atom. The topological polar surface area (TPSA) is 27.6 Å². The lowest BCUT2D eigenvalue weighted by atomic mass is 10.3. The maximum Gasteiger partial charge on any atom is 0.193 e. The van der Waals surface area contributed by atoms with Crippen molar-refractivity contribution in [1.82, 2.24) is 10.2 Å². The Balaban J connectivity index is 2.31. The first-order valence-electron chi connectivity index (χ1n) is 5.78. The van der Waals surface area contributed by atoms with Gasteiger partial charge in [0.25, 0.3) is 0 Å². The van der Waals surface area contributed by atoms with Crippen LogP contribution in [0.2, 0.25) is 0 Å². The molecule has 1 N–H and O–H groups in total. The molecule has 0 aliphatic rings. The van der Waals surface area contributed by atoms with Gasteiger partial charge in [-0.2, -0.15) is 0 Å². The van der Waals surface area contributed by atoms with Crippen molar-refractivity contribution in [3.63, 3.8) is 0 Å². The molecule has 1 aromatic rings. The second kappa shape index (κ2) is 8.06. The number of nitrogens with zero attached hydrogens (tertiary/aromatic N) is 2. The van der Waals surface area contributed by atoms with Crippen LogP contribution in [-0.2, 0) is 6.42 Å². The third-order valence-corrected chi connectivity index (χ3v) is 3.38. The number of thiophene rings is 1. The Labute approximate surface area is 106 Å². The van der Waals surface area contributed by atoms with Crippen LogP contribution in [0.1, 0.15) is 11.3 Å². The van der Waals surface area contributed by atoms with Gasteiger partial charge in [0.1, 0.15) is 0 Å². The molecule has 0 radical (unpaired) electrons. The van der Waals surface area contributed by atoms with Gasteiger partial charge in [-0.25, -0.2) is 0 Å². The van der Waals surface area contributed by atoms with Crippen LogP contribution in [0.5, 0.6) is 0 Å². The van der Waals surface area contributed by atoms with Crippen LogP contribution >= 0.6 is 11.3 Å². The van der Waals surface area contributed by atoms with E-state index in [4.69, 9.17) is 0 Å². The molecule has 0 aromatic carbocycles. The molecule has 1 heterocycles. The van der Waals surface area contributed by atoms with E-state index < -0.39 is 0 Å². The molecule has 0 bridgehead atoms. The zero-order chi connectivity index (χ0) is 12.5. The summed E-state index contributed by atoms with van der Waals surface area (Å²) in [5.41, 5.74) is 0. The van der Waals surface area contributed by atoms with Gasteiger partial charge in [0.2, 0.25) is 0 Å². The second-order valence-corrected chi connectivity index (χ2v) is 4.80. The zero-order valence-electron chi connectivity index (χ0n) is 10.4. The molecule has 0 unspecified atom stereocenters. The van der Waals surface area contributed by atoms with Gasteiger partial charge in [0, 0.05) is 32.1 Å². The van der Waals surface area contributed by atoms with Crippen molar-refractivity contribution in [1.29, 1.82) is 0 Å². The van der Waals surface area contributed by atoms with Crippen LogP contribution in [0.15, 0.2) is 22.5 Å². The van der Waals surface area contributed by atoms with Crippen LogP contribution in [0.25, 0.3) is 0 Å². The molecular formula is C12H20FN3S. The fraction of sp³-hybridized carbons (Fsp3) is 0.583. The number of likely N-dealkylation sites (N-methyl/N-ethyl adjacent to an activating group) is 1. The van der Waals surface area contributed by atoms with Crippen LogP contribution in [-0.4, -0.2) is 44.7 Å². The summed E-state index contributed by atoms with van der Waals surface area (Å²) >= 11 is 1.77. The van der Waals surface area contributed by atoms with Crippen LogP contribution in [0, 0.1) is 0 Å². The van der Waals surface area contributed by atoms with Gasteiger partial charge in [-0.3, -0.25) is 9.38 Å². The molecular weight excluding hydrogens is 237 g/mol. The Morgan fingerprint density at radius 2 is 2.41 bits per heavy atom. The van der Waals surface area contributed by atoms with Gasteiger partial charge in [-0.05, 0) is 24.3 Å². The van der Waals surface area contributed by atoms with E-state index in [0.717, 1.165) is 18.9 Å². The number of halogens is 1. The lowest BCUT2D eigenvalue weighted by Gasteiger charge is -2.21. The van der Waals surface area contributed by atoms with Crippen molar-refractivity contribution in [3.05, 3.63) is 22.4 Å². The molecule has 0 saturated carbocycles. The summed E-state index contributed by atoms with van der Waals surface area (Å²) in [7, 11) is 3.75. The maximum atomic E-state index is 12.0. The summed E-state index contributed by atoms with van der Waals surface area (Å²) in [5, 5.41) is 5.23. The van der Waals surface area contributed by atoms with E-state index in [9.17, 15) is 4.39 Å². The summed E-state index contributed by atoms with van der Waals surface area (Å²) < 4.78 is 12.0. The third kappa shape index (κ3) is 5.17. The fourth-order valence-corrected chi connectivity index (χ4v) is 2.19. The molecule has 0 fully saturated rings. The summed E-state index contributed by atoms with van der Waals surface area (Å²) in [6.07, 6.45) is 1.54. The maximum absolute atomic E-state index is 12.0. The molecule has 0 saturated heterocycles. The zero-order valence-corrected chi connectivity index (χ0v) is 11.3. The van der Waals surface area contributed by atoms with E-state index in [0.29, 0.717) is 13.0 Å². The number of alkyl halides is 1. The highest BCUT2D eigenvalue weighted by Gasteiger charge is 2.05. The molecule has 96 valence electrons. The molecule has 1 rings (SSSR count). The molecule has 0 spiro atoms. The minimum atomic E-state index is -0.289. The average Bonchev–Trinajstić information content (AvgIpc) is 2.85. The molecule has 3 nitrogen and oxygen atoms in total. The van der Waals surface area contributed by atoms with Gasteiger partial charge in [0.05, 0.1) is 6.67 Å². The average molecular weight is 257 g/mol. The lowest BCUT2D eigenvalue weighted by molar-refractivity contribution is 0.455. The number of rotatable bonds is 6. The Morgan fingerprint density at radius 1 is 1.59 bits per heavy atom. The predicted molar refractivity (Wildman–Crippen MR) is 72.6 cm³/mol. The largest absolute Gasteiger partial charge is 0.356 e. The predicted octanol–water partition coefficient (Wildman–Crippen LogP) is 2.16. The summed E-state index contributed by atoms with van der Waals surface area (Å²) in [5.74, 6) is 0.829. The summed E-state index contributed by atoms with van der Waals surface area (Å²) in [6.45, 7) is 1.26. The first-order valence-corrected chi connectivity index (χ1v) is 6.66. The molecule has 0 atom stereocenters. The first-order chi connectivity index (χ1) is 8.27. The molecule has 0 amide bonds. The van der Waals surface area contributed by atoms with Crippen molar-refractivity contribution >= 4 is 17.3 Å².